The summed E-state index contributed by atoms with van der Waals surface area (Å²) in [6.07, 6.45) is 4.20. The molecule has 1 aliphatic rings. The number of fused-ring (bicyclic) bond motifs is 1. The zero-order valence-corrected chi connectivity index (χ0v) is 16.5. The van der Waals surface area contributed by atoms with E-state index in [0.29, 0.717) is 32.1 Å². The number of ether oxygens (including phenoxy) is 1. The number of hydrogen-bond donors (Lipinski definition) is 1. The molecule has 0 aliphatic carbocycles. The highest BCUT2D eigenvalue weighted by molar-refractivity contribution is 5.90. The Hall–Kier alpha value is -2.50. The molecule has 1 aliphatic heterocycles. The topological polar surface area (TPSA) is 65.6 Å². The molecule has 146 valence electrons. The van der Waals surface area contributed by atoms with Crippen LogP contribution in [0.25, 0.3) is 10.9 Å². The van der Waals surface area contributed by atoms with Crippen LogP contribution in [-0.2, 0) is 9.59 Å². The van der Waals surface area contributed by atoms with Crippen LogP contribution in [0.5, 0.6) is 5.75 Å². The van der Waals surface area contributed by atoms with E-state index in [1.54, 1.807) is 16.7 Å². The van der Waals surface area contributed by atoms with Crippen molar-refractivity contribution in [2.24, 2.45) is 0 Å². The molecule has 2 amide bonds. The van der Waals surface area contributed by atoms with Crippen molar-refractivity contribution in [2.45, 2.75) is 39.5 Å². The molecular weight excluding hydrogens is 342 g/mol. The molecular formula is C21H29N3O3. The Bertz CT molecular complexity index is 802. The van der Waals surface area contributed by atoms with Gasteiger partial charge in [0.15, 0.2) is 6.61 Å². The number of piperazine rings is 1. The summed E-state index contributed by atoms with van der Waals surface area (Å²) in [5.74, 6) is 1.26. The summed E-state index contributed by atoms with van der Waals surface area (Å²) in [6.45, 7) is 8.29. The van der Waals surface area contributed by atoms with Crippen LogP contribution >= 0.6 is 0 Å². The lowest BCUT2D eigenvalue weighted by atomic mass is 9.93. The maximum atomic E-state index is 12.5. The predicted molar refractivity (Wildman–Crippen MR) is 106 cm³/mol. The van der Waals surface area contributed by atoms with Crippen LogP contribution in [-0.4, -0.2) is 59.4 Å². The Morgan fingerprint density at radius 3 is 2.41 bits per heavy atom. The first-order valence-corrected chi connectivity index (χ1v) is 9.81. The number of carbonyl (C=O) groups excluding carboxylic acids is 2. The quantitative estimate of drug-likeness (QED) is 0.848. The third-order valence-electron chi connectivity index (χ3n) is 5.55. The molecule has 6 nitrogen and oxygen atoms in total. The molecule has 1 saturated heterocycles. The Kier molecular flexibility index (Phi) is 6.04. The van der Waals surface area contributed by atoms with Gasteiger partial charge in [0, 0.05) is 50.2 Å². The predicted octanol–water partition coefficient (Wildman–Crippen LogP) is 3.14. The third kappa shape index (κ3) is 4.10. The number of carbonyl (C=O) groups is 2. The van der Waals surface area contributed by atoms with E-state index in [1.807, 2.05) is 18.2 Å². The van der Waals surface area contributed by atoms with E-state index in [1.165, 1.54) is 5.56 Å². The van der Waals surface area contributed by atoms with Gasteiger partial charge in [-0.3, -0.25) is 9.59 Å². The first-order valence-electron chi connectivity index (χ1n) is 9.81. The summed E-state index contributed by atoms with van der Waals surface area (Å²) in [6, 6.07) is 5.92. The number of aromatic amines is 1. The maximum absolute atomic E-state index is 12.5. The molecule has 0 unspecified atom stereocenters. The van der Waals surface area contributed by atoms with E-state index in [2.05, 4.69) is 25.0 Å². The highest BCUT2D eigenvalue weighted by Crippen LogP contribution is 2.35. The summed E-state index contributed by atoms with van der Waals surface area (Å²) in [5, 5.41) is 1.08. The van der Waals surface area contributed by atoms with E-state index in [9.17, 15) is 9.59 Å². The molecule has 1 aromatic carbocycles. The summed E-state index contributed by atoms with van der Waals surface area (Å²) in [7, 11) is 0. The Morgan fingerprint density at radius 2 is 1.78 bits per heavy atom. The summed E-state index contributed by atoms with van der Waals surface area (Å²) in [4.78, 5) is 30.8. The Balaban J connectivity index is 1.69. The fraction of sp³-hybridized carbons (Fsp3) is 0.524. The van der Waals surface area contributed by atoms with Crippen molar-refractivity contribution in [2.75, 3.05) is 32.8 Å². The number of rotatable bonds is 6. The van der Waals surface area contributed by atoms with Crippen molar-refractivity contribution < 1.29 is 14.3 Å². The minimum atomic E-state index is -0.0326. The average molecular weight is 371 g/mol. The molecule has 27 heavy (non-hydrogen) atoms. The normalized spacial score (nSPS) is 14.8. The van der Waals surface area contributed by atoms with Gasteiger partial charge in [0.2, 0.25) is 5.91 Å². The number of benzene rings is 1. The number of amides is 2. The summed E-state index contributed by atoms with van der Waals surface area (Å²) < 4.78 is 5.96. The molecule has 1 N–H and O–H groups in total. The molecule has 0 spiro atoms. The van der Waals surface area contributed by atoms with Gasteiger partial charge in [-0.2, -0.15) is 0 Å². The van der Waals surface area contributed by atoms with E-state index < -0.39 is 0 Å². The van der Waals surface area contributed by atoms with Crippen LogP contribution in [0.3, 0.4) is 0 Å². The van der Waals surface area contributed by atoms with Crippen molar-refractivity contribution >= 4 is 22.7 Å². The van der Waals surface area contributed by atoms with Crippen LogP contribution < -0.4 is 4.74 Å². The van der Waals surface area contributed by atoms with Crippen LogP contribution in [0.4, 0.5) is 0 Å². The largest absolute Gasteiger partial charge is 0.483 e. The molecule has 0 atom stereocenters. The van der Waals surface area contributed by atoms with Crippen molar-refractivity contribution in [3.63, 3.8) is 0 Å². The highest BCUT2D eigenvalue weighted by Gasteiger charge is 2.23. The van der Waals surface area contributed by atoms with Crippen LogP contribution in [0, 0.1) is 0 Å². The molecule has 2 aromatic rings. The van der Waals surface area contributed by atoms with Gasteiger partial charge in [-0.1, -0.05) is 19.9 Å². The van der Waals surface area contributed by atoms with E-state index in [-0.39, 0.29) is 18.4 Å². The van der Waals surface area contributed by atoms with Gasteiger partial charge in [0.25, 0.3) is 5.91 Å². The second kappa shape index (κ2) is 8.46. The van der Waals surface area contributed by atoms with E-state index in [0.717, 1.165) is 29.5 Å². The zero-order valence-electron chi connectivity index (χ0n) is 16.5. The third-order valence-corrected chi connectivity index (χ3v) is 5.55. The smallest absolute Gasteiger partial charge is 0.260 e. The minimum Gasteiger partial charge on any atom is -0.483 e. The average Bonchev–Trinajstić information content (AvgIpc) is 3.12. The summed E-state index contributed by atoms with van der Waals surface area (Å²) >= 11 is 0. The second-order valence-electron chi connectivity index (χ2n) is 7.11. The number of aromatic nitrogens is 1. The molecule has 0 bridgehead atoms. The van der Waals surface area contributed by atoms with Gasteiger partial charge in [0.05, 0.1) is 0 Å². The van der Waals surface area contributed by atoms with Gasteiger partial charge in [0.1, 0.15) is 5.75 Å². The van der Waals surface area contributed by atoms with Crippen molar-refractivity contribution in [3.8, 4) is 5.75 Å². The molecule has 3 rings (SSSR count). The van der Waals surface area contributed by atoms with Crippen LogP contribution in [0.15, 0.2) is 24.4 Å². The minimum absolute atomic E-state index is 0.0206. The summed E-state index contributed by atoms with van der Waals surface area (Å²) in [5.41, 5.74) is 2.30. The van der Waals surface area contributed by atoms with Crippen molar-refractivity contribution in [1.29, 1.82) is 0 Å². The Labute approximate surface area is 160 Å². The fourth-order valence-electron chi connectivity index (χ4n) is 3.85. The van der Waals surface area contributed by atoms with Gasteiger partial charge in [-0.15, -0.1) is 0 Å². The Morgan fingerprint density at radius 1 is 1.11 bits per heavy atom. The SMILES string of the molecule is CCC(CC)c1c[nH]c2cccc(OCC(=O)N3CCN(C(C)=O)CC3)c12. The molecule has 1 aromatic heterocycles. The van der Waals surface area contributed by atoms with Gasteiger partial charge in [-0.05, 0) is 36.5 Å². The lowest BCUT2D eigenvalue weighted by Gasteiger charge is -2.34. The standard InChI is InChI=1S/C21H29N3O3/c1-4-16(5-2)17-13-22-18-7-6-8-19(21(17)18)27-14-20(26)24-11-9-23(10-12-24)15(3)25/h6-8,13,16,22H,4-5,9-12,14H2,1-3H3. The maximum Gasteiger partial charge on any atom is 0.260 e. The number of nitrogens with zero attached hydrogens (tertiary/aromatic N) is 2. The lowest BCUT2D eigenvalue weighted by molar-refractivity contribution is -0.139. The molecule has 0 radical (unpaired) electrons. The first kappa shape index (κ1) is 19.3. The fourth-order valence-corrected chi connectivity index (χ4v) is 3.85. The lowest BCUT2D eigenvalue weighted by Crippen LogP contribution is -2.51. The van der Waals surface area contributed by atoms with E-state index >= 15 is 0 Å². The second-order valence-corrected chi connectivity index (χ2v) is 7.11. The van der Waals surface area contributed by atoms with Crippen molar-refractivity contribution in [1.82, 2.24) is 14.8 Å². The molecule has 2 heterocycles. The van der Waals surface area contributed by atoms with Gasteiger partial charge < -0.3 is 19.5 Å². The van der Waals surface area contributed by atoms with Crippen molar-refractivity contribution in [3.05, 3.63) is 30.0 Å². The molecule has 0 saturated carbocycles. The van der Waals surface area contributed by atoms with Gasteiger partial charge in [-0.25, -0.2) is 0 Å². The van der Waals surface area contributed by atoms with Gasteiger partial charge >= 0.3 is 0 Å². The molecule has 1 fully saturated rings. The number of H-pyrrole nitrogens is 1. The van der Waals surface area contributed by atoms with Crippen LogP contribution in [0.2, 0.25) is 0 Å². The highest BCUT2D eigenvalue weighted by atomic mass is 16.5. The monoisotopic (exact) mass is 371 g/mol. The number of hydrogen-bond acceptors (Lipinski definition) is 3. The first-order chi connectivity index (χ1) is 13.0. The molecule has 6 heteroatoms. The van der Waals surface area contributed by atoms with Crippen LogP contribution in [0.1, 0.15) is 45.1 Å². The number of nitrogens with one attached hydrogen (secondary N) is 1. The zero-order chi connectivity index (χ0) is 19.4. The van der Waals surface area contributed by atoms with E-state index in [4.69, 9.17) is 4.74 Å².